The zero-order valence-corrected chi connectivity index (χ0v) is 18.1. The minimum absolute atomic E-state index is 0.311. The topological polar surface area (TPSA) is 101 Å². The highest BCUT2D eigenvalue weighted by molar-refractivity contribution is 5.80. The van der Waals surface area contributed by atoms with Gasteiger partial charge >= 0.3 is 6.09 Å². The number of amides is 1. The summed E-state index contributed by atoms with van der Waals surface area (Å²) in [4.78, 5) is 22.9. The van der Waals surface area contributed by atoms with E-state index in [4.69, 9.17) is 14.5 Å². The molecule has 0 atom stereocenters. The summed E-state index contributed by atoms with van der Waals surface area (Å²) in [5.41, 5.74) is 5.21. The van der Waals surface area contributed by atoms with Crippen LogP contribution in [0.1, 0.15) is 30.3 Å². The molecule has 9 nitrogen and oxygen atoms in total. The van der Waals surface area contributed by atoms with E-state index in [-0.39, 0.29) is 0 Å². The lowest BCUT2D eigenvalue weighted by atomic mass is 10.2. The van der Waals surface area contributed by atoms with Gasteiger partial charge in [-0.3, -0.25) is 5.43 Å². The predicted octanol–water partition coefficient (Wildman–Crippen LogP) is 2.75. The Balaban J connectivity index is 1.66. The van der Waals surface area contributed by atoms with Gasteiger partial charge in [0.15, 0.2) is 5.82 Å². The van der Waals surface area contributed by atoms with E-state index in [2.05, 4.69) is 31.8 Å². The molecule has 1 aromatic heterocycles. The third kappa shape index (κ3) is 7.53. The second-order valence-electron chi connectivity index (χ2n) is 7.18. The number of benzene rings is 1. The zero-order valence-electron chi connectivity index (χ0n) is 18.1. The number of nitrogens with zero attached hydrogens (tertiary/aromatic N) is 4. The van der Waals surface area contributed by atoms with Gasteiger partial charge in [0.1, 0.15) is 11.6 Å². The fourth-order valence-corrected chi connectivity index (χ4v) is 3.12. The SMILES string of the molecule is CCNC(=O)OCCCc1nc(NN=Cc2cccc(C)c2)cc(N2CCOCC2)n1. The molecule has 0 saturated carbocycles. The Morgan fingerprint density at radius 3 is 2.90 bits per heavy atom. The van der Waals surface area contributed by atoms with Crippen LogP contribution in [0.5, 0.6) is 0 Å². The highest BCUT2D eigenvalue weighted by Crippen LogP contribution is 2.18. The fourth-order valence-electron chi connectivity index (χ4n) is 3.12. The lowest BCUT2D eigenvalue weighted by Crippen LogP contribution is -2.37. The van der Waals surface area contributed by atoms with Gasteiger partial charge in [-0.2, -0.15) is 5.10 Å². The molecule has 0 spiro atoms. The second-order valence-corrected chi connectivity index (χ2v) is 7.18. The molecule has 0 bridgehead atoms. The molecule has 2 N–H and O–H groups in total. The summed E-state index contributed by atoms with van der Waals surface area (Å²) < 4.78 is 10.6. The molecule has 1 aromatic carbocycles. The first kappa shape index (κ1) is 22.5. The number of carbonyl (C=O) groups is 1. The monoisotopic (exact) mass is 426 g/mol. The van der Waals surface area contributed by atoms with Crippen molar-refractivity contribution in [3.8, 4) is 0 Å². The van der Waals surface area contributed by atoms with Gasteiger partial charge in [-0.25, -0.2) is 14.8 Å². The highest BCUT2D eigenvalue weighted by Gasteiger charge is 2.15. The molecule has 3 rings (SSSR count). The molecule has 31 heavy (non-hydrogen) atoms. The van der Waals surface area contributed by atoms with Crippen molar-refractivity contribution in [2.45, 2.75) is 26.7 Å². The first-order valence-corrected chi connectivity index (χ1v) is 10.6. The van der Waals surface area contributed by atoms with Gasteiger partial charge in [-0.15, -0.1) is 0 Å². The molecule has 1 fully saturated rings. The molecular weight excluding hydrogens is 396 g/mol. The van der Waals surface area contributed by atoms with Crippen LogP contribution in [-0.2, 0) is 15.9 Å². The third-order valence-electron chi connectivity index (χ3n) is 4.63. The van der Waals surface area contributed by atoms with Crippen LogP contribution in [-0.4, -0.2) is 61.7 Å². The number of hydrogen-bond donors (Lipinski definition) is 2. The smallest absolute Gasteiger partial charge is 0.407 e. The van der Waals surface area contributed by atoms with E-state index in [0.717, 1.165) is 24.5 Å². The van der Waals surface area contributed by atoms with Crippen LogP contribution in [0.3, 0.4) is 0 Å². The largest absolute Gasteiger partial charge is 0.450 e. The van der Waals surface area contributed by atoms with Crippen molar-refractivity contribution in [2.24, 2.45) is 5.10 Å². The number of aryl methyl sites for hydroxylation is 2. The van der Waals surface area contributed by atoms with Crippen molar-refractivity contribution < 1.29 is 14.3 Å². The van der Waals surface area contributed by atoms with Crippen molar-refractivity contribution in [3.63, 3.8) is 0 Å². The van der Waals surface area contributed by atoms with E-state index in [1.165, 1.54) is 5.56 Å². The van der Waals surface area contributed by atoms with Crippen LogP contribution < -0.4 is 15.6 Å². The maximum absolute atomic E-state index is 11.4. The van der Waals surface area contributed by atoms with Crippen LogP contribution in [0.4, 0.5) is 16.4 Å². The summed E-state index contributed by atoms with van der Waals surface area (Å²) >= 11 is 0. The molecule has 2 heterocycles. The summed E-state index contributed by atoms with van der Waals surface area (Å²) in [5, 5.41) is 6.94. The Kier molecular flexibility index (Phi) is 8.59. The number of hydrazone groups is 1. The maximum Gasteiger partial charge on any atom is 0.407 e. The number of nitrogens with one attached hydrogen (secondary N) is 2. The number of alkyl carbamates (subject to hydrolysis) is 1. The highest BCUT2D eigenvalue weighted by atomic mass is 16.5. The number of aromatic nitrogens is 2. The van der Waals surface area contributed by atoms with E-state index < -0.39 is 6.09 Å². The molecule has 1 aliphatic rings. The summed E-state index contributed by atoms with van der Waals surface area (Å²) in [7, 11) is 0. The van der Waals surface area contributed by atoms with Crippen molar-refractivity contribution >= 4 is 23.9 Å². The van der Waals surface area contributed by atoms with Crippen molar-refractivity contribution in [1.29, 1.82) is 0 Å². The maximum atomic E-state index is 11.4. The zero-order chi connectivity index (χ0) is 21.9. The number of hydrogen-bond acceptors (Lipinski definition) is 8. The van der Waals surface area contributed by atoms with Crippen LogP contribution in [0.15, 0.2) is 35.4 Å². The normalized spacial score (nSPS) is 13.9. The van der Waals surface area contributed by atoms with Crippen molar-refractivity contribution in [2.75, 3.05) is 49.8 Å². The third-order valence-corrected chi connectivity index (χ3v) is 4.63. The molecule has 1 saturated heterocycles. The van der Waals surface area contributed by atoms with E-state index >= 15 is 0 Å². The van der Waals surface area contributed by atoms with Gasteiger partial charge in [0.05, 0.1) is 26.0 Å². The quantitative estimate of drug-likeness (QED) is 0.361. The number of rotatable bonds is 9. The van der Waals surface area contributed by atoms with E-state index in [1.807, 2.05) is 38.1 Å². The number of anilines is 2. The standard InChI is InChI=1S/C22H30N6O3/c1-3-23-22(29)31-11-5-8-19-25-20(15-21(26-19)28-9-12-30-13-10-28)27-24-16-18-7-4-6-17(2)14-18/h4,6-7,14-16H,3,5,8-13H2,1-2H3,(H,23,29)(H,25,26,27). The summed E-state index contributed by atoms with van der Waals surface area (Å²) in [6.45, 7) is 7.66. The molecule has 166 valence electrons. The Labute approximate surface area is 182 Å². The lowest BCUT2D eigenvalue weighted by Gasteiger charge is -2.28. The molecule has 0 unspecified atom stereocenters. The first-order chi connectivity index (χ1) is 15.1. The van der Waals surface area contributed by atoms with Gasteiger partial charge in [0.2, 0.25) is 0 Å². The van der Waals surface area contributed by atoms with Gasteiger partial charge in [0.25, 0.3) is 0 Å². The van der Waals surface area contributed by atoms with E-state index in [1.54, 1.807) is 6.21 Å². The molecule has 2 aromatic rings. The van der Waals surface area contributed by atoms with E-state index in [9.17, 15) is 4.79 Å². The predicted molar refractivity (Wildman–Crippen MR) is 121 cm³/mol. The second kappa shape index (κ2) is 11.8. The van der Waals surface area contributed by atoms with Crippen LogP contribution in [0.2, 0.25) is 0 Å². The molecule has 0 aliphatic carbocycles. The summed E-state index contributed by atoms with van der Waals surface area (Å²) in [6.07, 6.45) is 2.59. The average Bonchev–Trinajstić information content (AvgIpc) is 2.77. The molecular formula is C22H30N6O3. The molecule has 1 amide bonds. The van der Waals surface area contributed by atoms with Crippen LogP contribution >= 0.6 is 0 Å². The van der Waals surface area contributed by atoms with Gasteiger partial charge in [0, 0.05) is 32.1 Å². The van der Waals surface area contributed by atoms with Crippen LogP contribution in [0, 0.1) is 6.92 Å². The van der Waals surface area contributed by atoms with Gasteiger partial charge in [-0.1, -0.05) is 29.8 Å². The lowest BCUT2D eigenvalue weighted by molar-refractivity contribution is 0.122. The minimum Gasteiger partial charge on any atom is -0.450 e. The van der Waals surface area contributed by atoms with E-state index in [0.29, 0.717) is 50.8 Å². The molecule has 9 heteroatoms. The summed E-state index contributed by atoms with van der Waals surface area (Å²) in [5.74, 6) is 2.14. The Morgan fingerprint density at radius 1 is 1.29 bits per heavy atom. The molecule has 0 radical (unpaired) electrons. The number of carbonyl (C=O) groups excluding carboxylic acids is 1. The first-order valence-electron chi connectivity index (χ1n) is 10.6. The van der Waals surface area contributed by atoms with Gasteiger partial charge in [-0.05, 0) is 25.8 Å². The number of morpholine rings is 1. The van der Waals surface area contributed by atoms with Crippen molar-refractivity contribution in [3.05, 3.63) is 47.3 Å². The van der Waals surface area contributed by atoms with Crippen molar-refractivity contribution in [1.82, 2.24) is 15.3 Å². The average molecular weight is 427 g/mol. The minimum atomic E-state index is -0.404. The number of ether oxygens (including phenoxy) is 2. The Hall–Kier alpha value is -3.20. The summed E-state index contributed by atoms with van der Waals surface area (Å²) in [6, 6.07) is 10.0. The fraction of sp³-hybridized carbons (Fsp3) is 0.455. The molecule has 1 aliphatic heterocycles. The Morgan fingerprint density at radius 2 is 2.13 bits per heavy atom. The Bertz CT molecular complexity index is 883. The van der Waals surface area contributed by atoms with Gasteiger partial charge < -0.3 is 19.7 Å². The van der Waals surface area contributed by atoms with Crippen LogP contribution in [0.25, 0.3) is 0 Å².